The van der Waals surface area contributed by atoms with E-state index in [2.05, 4.69) is 14.8 Å². The summed E-state index contributed by atoms with van der Waals surface area (Å²) in [5.74, 6) is -2.11. The van der Waals surface area contributed by atoms with Crippen molar-refractivity contribution in [3.63, 3.8) is 0 Å². The molecule has 0 spiro atoms. The average Bonchev–Trinajstić information content (AvgIpc) is 3.03. The molecule has 9 heteroatoms. The second-order valence-electron chi connectivity index (χ2n) is 5.73. The van der Waals surface area contributed by atoms with Gasteiger partial charge in [-0.1, -0.05) is 6.07 Å². The van der Waals surface area contributed by atoms with Gasteiger partial charge in [-0.25, -0.2) is 21.9 Å². The fraction of sp³-hybridized carbons (Fsp3) is 0.176. The van der Waals surface area contributed by atoms with Gasteiger partial charge in [0.05, 0.1) is 17.6 Å². The summed E-state index contributed by atoms with van der Waals surface area (Å²) < 4.78 is 55.4. The number of aromatic nitrogens is 3. The number of rotatable bonds is 6. The van der Waals surface area contributed by atoms with E-state index >= 15 is 0 Å². The molecule has 0 unspecified atom stereocenters. The molecule has 0 fully saturated rings. The Hall–Kier alpha value is -2.65. The van der Waals surface area contributed by atoms with E-state index in [-0.39, 0.29) is 12.1 Å². The van der Waals surface area contributed by atoms with Crippen LogP contribution in [0.3, 0.4) is 0 Å². The van der Waals surface area contributed by atoms with Crippen molar-refractivity contribution < 1.29 is 17.2 Å². The number of nitrogens with one attached hydrogen (secondary N) is 1. The summed E-state index contributed by atoms with van der Waals surface area (Å²) in [7, 11) is -2.10. The van der Waals surface area contributed by atoms with Crippen molar-refractivity contribution in [3.8, 4) is 11.3 Å². The van der Waals surface area contributed by atoms with Gasteiger partial charge in [-0.3, -0.25) is 9.67 Å². The van der Waals surface area contributed by atoms with Gasteiger partial charge in [-0.15, -0.1) is 0 Å². The smallest absolute Gasteiger partial charge is 0.216 e. The molecule has 1 N–H and O–H groups in total. The van der Waals surface area contributed by atoms with Gasteiger partial charge in [0.25, 0.3) is 0 Å². The first-order valence-electron chi connectivity index (χ1n) is 7.68. The molecule has 0 aliphatic heterocycles. The monoisotopic (exact) mass is 378 g/mol. The minimum absolute atomic E-state index is 0.0304. The Bertz CT molecular complexity index is 1030. The molecule has 0 aliphatic rings. The van der Waals surface area contributed by atoms with Crippen LogP contribution >= 0.6 is 0 Å². The Labute approximate surface area is 149 Å². The maximum atomic E-state index is 13.7. The van der Waals surface area contributed by atoms with Gasteiger partial charge in [-0.2, -0.15) is 5.10 Å². The summed E-state index contributed by atoms with van der Waals surface area (Å²) in [5, 5.41) is 4.08. The number of hydrogen-bond acceptors (Lipinski definition) is 4. The molecule has 0 saturated carbocycles. The normalized spacial score (nSPS) is 11.7. The molecule has 2 aromatic heterocycles. The zero-order valence-electron chi connectivity index (χ0n) is 13.9. The average molecular weight is 378 g/mol. The lowest BCUT2D eigenvalue weighted by Crippen LogP contribution is -2.25. The van der Waals surface area contributed by atoms with Gasteiger partial charge in [0.1, 0.15) is 11.6 Å². The van der Waals surface area contributed by atoms with Crippen LogP contribution in [0.25, 0.3) is 11.3 Å². The molecule has 1 aromatic carbocycles. The van der Waals surface area contributed by atoms with Crippen LogP contribution in [0, 0.1) is 11.6 Å². The zero-order valence-corrected chi connectivity index (χ0v) is 14.7. The third-order valence-electron chi connectivity index (χ3n) is 3.71. The van der Waals surface area contributed by atoms with Crippen LogP contribution in [0.1, 0.15) is 11.1 Å². The fourth-order valence-corrected chi connectivity index (χ4v) is 3.59. The van der Waals surface area contributed by atoms with Crippen molar-refractivity contribution in [2.24, 2.45) is 7.05 Å². The molecule has 2 heterocycles. The lowest BCUT2D eigenvalue weighted by molar-refractivity contribution is 0.569. The van der Waals surface area contributed by atoms with Crippen molar-refractivity contribution in [3.05, 3.63) is 71.7 Å². The topological polar surface area (TPSA) is 76.9 Å². The van der Waals surface area contributed by atoms with Crippen molar-refractivity contribution in [1.82, 2.24) is 19.5 Å². The number of aryl methyl sites for hydroxylation is 1. The molecule has 6 nitrogen and oxygen atoms in total. The van der Waals surface area contributed by atoms with Crippen LogP contribution in [-0.2, 0) is 29.4 Å². The van der Waals surface area contributed by atoms with E-state index in [1.54, 1.807) is 42.5 Å². The molecular formula is C17H16F2N4O2S. The molecular weight excluding hydrogens is 362 g/mol. The molecule has 0 amide bonds. The van der Waals surface area contributed by atoms with Crippen molar-refractivity contribution in [2.45, 2.75) is 12.3 Å². The lowest BCUT2D eigenvalue weighted by Gasteiger charge is -2.10. The molecule has 136 valence electrons. The molecule has 0 atom stereocenters. The Kier molecular flexibility index (Phi) is 5.10. The standard InChI is InChI=1S/C17H16F2N4O2S/c1-23-10-14(8-21-23)17-12(3-2-6-20-17)9-22-26(24,25)11-13-7-15(18)4-5-16(13)19/h2-8,10,22H,9,11H2,1H3. The Morgan fingerprint density at radius 3 is 2.73 bits per heavy atom. The third kappa shape index (κ3) is 4.30. The van der Waals surface area contributed by atoms with Gasteiger partial charge in [0, 0.05) is 37.1 Å². The molecule has 3 aromatic rings. The zero-order chi connectivity index (χ0) is 18.7. The summed E-state index contributed by atoms with van der Waals surface area (Å²) in [4.78, 5) is 4.27. The lowest BCUT2D eigenvalue weighted by atomic mass is 10.1. The Morgan fingerprint density at radius 1 is 1.19 bits per heavy atom. The van der Waals surface area contributed by atoms with E-state index in [1.165, 1.54) is 0 Å². The minimum Gasteiger partial charge on any atom is -0.275 e. The van der Waals surface area contributed by atoms with Crippen molar-refractivity contribution in [1.29, 1.82) is 0 Å². The van der Waals surface area contributed by atoms with Crippen molar-refractivity contribution >= 4 is 10.0 Å². The number of halogens is 2. The Balaban J connectivity index is 1.77. The summed E-state index contributed by atoms with van der Waals surface area (Å²) in [5.41, 5.74) is 1.76. The molecule has 26 heavy (non-hydrogen) atoms. The largest absolute Gasteiger partial charge is 0.275 e. The van der Waals surface area contributed by atoms with E-state index in [1.807, 2.05) is 0 Å². The Morgan fingerprint density at radius 2 is 2.00 bits per heavy atom. The number of sulfonamides is 1. The predicted molar refractivity (Wildman–Crippen MR) is 92.3 cm³/mol. The summed E-state index contributed by atoms with van der Waals surface area (Å²) in [6.45, 7) is -0.0304. The highest BCUT2D eigenvalue weighted by molar-refractivity contribution is 7.88. The summed E-state index contributed by atoms with van der Waals surface area (Å²) in [6.07, 6.45) is 4.99. The van der Waals surface area contributed by atoms with Crippen LogP contribution in [0.2, 0.25) is 0 Å². The fourth-order valence-electron chi connectivity index (χ4n) is 2.48. The maximum Gasteiger partial charge on any atom is 0.216 e. The maximum absolute atomic E-state index is 13.7. The quantitative estimate of drug-likeness (QED) is 0.715. The first kappa shape index (κ1) is 18.2. The molecule has 0 aliphatic carbocycles. The number of pyridine rings is 1. The second kappa shape index (κ2) is 7.30. The predicted octanol–water partition coefficient (Wildman–Crippen LogP) is 2.38. The third-order valence-corrected chi connectivity index (χ3v) is 4.98. The summed E-state index contributed by atoms with van der Waals surface area (Å²) in [6, 6.07) is 6.15. The molecule has 0 bridgehead atoms. The SMILES string of the molecule is Cn1cc(-c2ncccc2CNS(=O)(=O)Cc2cc(F)ccc2F)cn1. The minimum atomic E-state index is -3.87. The van der Waals surface area contributed by atoms with Gasteiger partial charge < -0.3 is 0 Å². The first-order chi connectivity index (χ1) is 12.3. The van der Waals surface area contributed by atoms with Gasteiger partial charge in [0.15, 0.2) is 0 Å². The number of benzene rings is 1. The molecule has 0 radical (unpaired) electrons. The van der Waals surface area contributed by atoms with E-state index in [4.69, 9.17) is 0 Å². The van der Waals surface area contributed by atoms with E-state index < -0.39 is 27.4 Å². The summed E-state index contributed by atoms with van der Waals surface area (Å²) >= 11 is 0. The number of nitrogens with zero attached hydrogens (tertiary/aromatic N) is 3. The highest BCUT2D eigenvalue weighted by atomic mass is 32.2. The highest BCUT2D eigenvalue weighted by Crippen LogP contribution is 2.20. The second-order valence-corrected chi connectivity index (χ2v) is 7.54. The van der Waals surface area contributed by atoms with E-state index in [0.29, 0.717) is 11.3 Å². The van der Waals surface area contributed by atoms with E-state index in [0.717, 1.165) is 23.8 Å². The number of hydrogen-bond donors (Lipinski definition) is 1. The van der Waals surface area contributed by atoms with Gasteiger partial charge >= 0.3 is 0 Å². The van der Waals surface area contributed by atoms with Crippen LogP contribution < -0.4 is 4.72 Å². The van der Waals surface area contributed by atoms with Crippen LogP contribution in [-0.4, -0.2) is 23.2 Å². The van der Waals surface area contributed by atoms with Crippen LogP contribution in [0.15, 0.2) is 48.9 Å². The molecule has 0 saturated heterocycles. The highest BCUT2D eigenvalue weighted by Gasteiger charge is 2.17. The molecule has 3 rings (SSSR count). The van der Waals surface area contributed by atoms with Gasteiger partial charge in [-0.05, 0) is 29.8 Å². The van der Waals surface area contributed by atoms with Crippen LogP contribution in [0.5, 0.6) is 0 Å². The van der Waals surface area contributed by atoms with Gasteiger partial charge in [0.2, 0.25) is 10.0 Å². The van der Waals surface area contributed by atoms with E-state index in [9.17, 15) is 17.2 Å². The first-order valence-corrected chi connectivity index (χ1v) is 9.33. The van der Waals surface area contributed by atoms with Crippen molar-refractivity contribution in [2.75, 3.05) is 0 Å². The van der Waals surface area contributed by atoms with Crippen LogP contribution in [0.4, 0.5) is 8.78 Å².